The Balaban J connectivity index is 0.00000313. The summed E-state index contributed by atoms with van der Waals surface area (Å²) in [5, 5.41) is 4.70. The van der Waals surface area contributed by atoms with Crippen LogP contribution in [0.4, 0.5) is 0 Å². The fourth-order valence-corrected chi connectivity index (χ4v) is 9.10. The molecule has 4 heterocycles. The number of hydrogen-bond donors (Lipinski definition) is 0. The molecule has 0 aliphatic heterocycles. The summed E-state index contributed by atoms with van der Waals surface area (Å²) in [5.74, 6) is 1.97. The zero-order chi connectivity index (χ0) is 49.1. The Morgan fingerprint density at radius 2 is 0.797 bits per heavy atom. The van der Waals surface area contributed by atoms with E-state index in [1.807, 2.05) is 24.3 Å². The van der Waals surface area contributed by atoms with Gasteiger partial charge >= 0.3 is 0 Å². The largest absolute Gasteiger partial charge is 0.511 e. The van der Waals surface area contributed by atoms with E-state index in [9.17, 15) is 0 Å². The van der Waals surface area contributed by atoms with E-state index in [2.05, 4.69) is 240 Å². The Kier molecular flexibility index (Phi) is 13.6. The van der Waals surface area contributed by atoms with Crippen LogP contribution < -0.4 is 18.6 Å². The van der Waals surface area contributed by atoms with Gasteiger partial charge < -0.3 is 28.6 Å². The van der Waals surface area contributed by atoms with Gasteiger partial charge in [-0.3, -0.25) is 9.13 Å². The maximum absolute atomic E-state index is 6.63. The first kappa shape index (κ1) is 50.0. The van der Waals surface area contributed by atoms with E-state index in [0.29, 0.717) is 34.4 Å². The second kappa shape index (κ2) is 20.1. The molecular formula is C64H48N6O2Pt2-4. The smallest absolute Gasteiger partial charge is 0.268 e. The Morgan fingerprint density at radius 3 is 1.22 bits per heavy atom. The molecule has 0 radical (unpaired) electrons. The third kappa shape index (κ3) is 9.85. The first-order chi connectivity index (χ1) is 34.9. The number of benzene rings is 8. The van der Waals surface area contributed by atoms with Crippen molar-refractivity contribution >= 4 is 43.6 Å². The van der Waals surface area contributed by atoms with Gasteiger partial charge in [0.1, 0.15) is 0 Å². The molecule has 370 valence electrons. The normalized spacial score (nSPS) is 11.7. The Morgan fingerprint density at radius 1 is 0.405 bits per heavy atom. The summed E-state index contributed by atoms with van der Waals surface area (Å²) in [4.78, 5) is 9.31. The third-order valence-electron chi connectivity index (χ3n) is 13.0. The fourth-order valence-electron chi connectivity index (χ4n) is 9.10. The van der Waals surface area contributed by atoms with Crippen LogP contribution in [-0.2, 0) is 53.0 Å². The van der Waals surface area contributed by atoms with Crippen LogP contribution in [0.5, 0.6) is 23.0 Å². The molecule has 0 amide bonds. The Hall–Kier alpha value is -7.50. The summed E-state index contributed by atoms with van der Waals surface area (Å²) in [5.41, 5.74) is 10.3. The Labute approximate surface area is 460 Å². The SMILES string of the molecule is CC(C)(C)c1cc(Oc2[c-]c(-c3[c-]c(Oc4[c-]c(-[n+]5[c-]n(-c6ccc7ccccc7c6)c6ccccc65)cc(C(C)(C)C)c4)ccn3)ncc2)[c-]c(-[n+]2[c-]n(-c3ccc4ccccc4c3)c3ccccc32)c1.[Pt].[Pt]. The van der Waals surface area contributed by atoms with Gasteiger partial charge in [-0.2, -0.15) is 35.4 Å². The number of ether oxygens (including phenoxy) is 2. The van der Waals surface area contributed by atoms with Gasteiger partial charge in [-0.05, 0) is 80.4 Å². The molecule has 12 aromatic rings. The second-order valence-electron chi connectivity index (χ2n) is 20.1. The maximum atomic E-state index is 6.63. The topological polar surface area (TPSA) is 61.9 Å². The Bertz CT molecular complexity index is 3790. The number of hydrogen-bond acceptors (Lipinski definition) is 4. The number of pyridine rings is 2. The number of para-hydroxylation sites is 4. The minimum absolute atomic E-state index is 0. The number of aromatic nitrogens is 6. The van der Waals surface area contributed by atoms with Crippen LogP contribution >= 0.6 is 0 Å². The van der Waals surface area contributed by atoms with Crippen LogP contribution in [0, 0.1) is 36.9 Å². The molecule has 4 aromatic heterocycles. The molecule has 12 rings (SSSR count). The molecule has 10 heteroatoms. The summed E-state index contributed by atoms with van der Waals surface area (Å²) in [6, 6.07) is 72.2. The maximum Gasteiger partial charge on any atom is 0.268 e. The van der Waals surface area contributed by atoms with E-state index in [-0.39, 0.29) is 53.0 Å². The van der Waals surface area contributed by atoms with Gasteiger partial charge in [-0.1, -0.05) is 151 Å². The first-order valence-corrected chi connectivity index (χ1v) is 24.1. The van der Waals surface area contributed by atoms with Gasteiger partial charge in [0.05, 0.1) is 33.4 Å². The van der Waals surface area contributed by atoms with Gasteiger partial charge in [0.25, 0.3) is 12.7 Å². The second-order valence-corrected chi connectivity index (χ2v) is 20.1. The van der Waals surface area contributed by atoms with Gasteiger partial charge in [-0.25, -0.2) is 0 Å². The van der Waals surface area contributed by atoms with Crippen LogP contribution in [0.1, 0.15) is 52.7 Å². The predicted octanol–water partition coefficient (Wildman–Crippen LogP) is 13.9. The number of nitrogens with zero attached hydrogens (tertiary/aromatic N) is 6. The quantitative estimate of drug-likeness (QED) is 0.107. The average Bonchev–Trinajstić information content (AvgIpc) is 3.98. The van der Waals surface area contributed by atoms with E-state index < -0.39 is 0 Å². The van der Waals surface area contributed by atoms with E-state index in [1.54, 1.807) is 24.5 Å². The van der Waals surface area contributed by atoms with Crippen molar-refractivity contribution in [2.24, 2.45) is 0 Å². The van der Waals surface area contributed by atoms with Crippen molar-refractivity contribution in [1.29, 1.82) is 0 Å². The van der Waals surface area contributed by atoms with Crippen molar-refractivity contribution in [1.82, 2.24) is 19.1 Å². The van der Waals surface area contributed by atoms with Gasteiger partial charge in [0.15, 0.2) is 0 Å². The predicted molar refractivity (Wildman–Crippen MR) is 283 cm³/mol. The third-order valence-corrected chi connectivity index (χ3v) is 13.0. The molecule has 0 unspecified atom stereocenters. The number of imidazole rings is 2. The molecule has 0 saturated carbocycles. The molecule has 0 N–H and O–H groups in total. The van der Waals surface area contributed by atoms with Crippen LogP contribution in [0.25, 0.3) is 77.7 Å². The van der Waals surface area contributed by atoms with Crippen LogP contribution in [0.2, 0.25) is 0 Å². The van der Waals surface area contributed by atoms with Crippen molar-refractivity contribution in [2.45, 2.75) is 52.4 Å². The molecule has 0 aliphatic carbocycles. The molecule has 0 saturated heterocycles. The summed E-state index contributed by atoms with van der Waals surface area (Å²) in [6.45, 7) is 13.1. The minimum atomic E-state index is -0.204. The molecule has 0 bridgehead atoms. The fraction of sp³-hybridized carbons (Fsp3) is 0.125. The minimum Gasteiger partial charge on any atom is -0.511 e. The zero-order valence-electron chi connectivity index (χ0n) is 41.5. The molecule has 0 fully saturated rings. The molecule has 0 aliphatic rings. The monoisotopic (exact) mass is 1320 g/mol. The van der Waals surface area contributed by atoms with E-state index in [4.69, 9.17) is 9.47 Å². The summed E-state index contributed by atoms with van der Waals surface area (Å²) < 4.78 is 21.6. The standard InChI is InChI=1S/C64H48N6O2.2Pt/c1-63(2,3)47-33-51(69-41-67(59-19-11-13-21-61(59)69)49-25-23-43-15-7-9-17-45(43)31-49)37-55(35-47)71-53-27-29-65-57(39-53)58-40-54(28-30-66-58)72-56-36-48(64(4,5)6)34-52(38-56)70-42-68(60-20-12-14-22-62(60)70)50-26-24-44-16-8-10-18-46(44)32-50;;/h7-36H,1-6H3;;/q-4;;. The van der Waals surface area contributed by atoms with Crippen molar-refractivity contribution in [2.75, 3.05) is 0 Å². The molecule has 74 heavy (non-hydrogen) atoms. The summed E-state index contributed by atoms with van der Waals surface area (Å²) in [7, 11) is 0. The van der Waals surface area contributed by atoms with Gasteiger partial charge in [0, 0.05) is 65.1 Å². The van der Waals surface area contributed by atoms with E-state index in [0.717, 1.165) is 66.7 Å². The van der Waals surface area contributed by atoms with Crippen molar-refractivity contribution < 1.29 is 60.7 Å². The number of fused-ring (bicyclic) bond motifs is 4. The summed E-state index contributed by atoms with van der Waals surface area (Å²) in [6.07, 6.45) is 10.7. The van der Waals surface area contributed by atoms with E-state index >= 15 is 0 Å². The summed E-state index contributed by atoms with van der Waals surface area (Å²) >= 11 is 0. The van der Waals surface area contributed by atoms with Gasteiger partial charge in [-0.15, -0.1) is 47.8 Å². The zero-order valence-corrected chi connectivity index (χ0v) is 46.0. The van der Waals surface area contributed by atoms with Crippen molar-refractivity contribution in [3.8, 4) is 57.1 Å². The molecule has 0 atom stereocenters. The molecule has 0 spiro atoms. The van der Waals surface area contributed by atoms with E-state index in [1.165, 1.54) is 10.8 Å². The first-order valence-electron chi connectivity index (χ1n) is 24.1. The van der Waals surface area contributed by atoms with Crippen LogP contribution in [0.15, 0.2) is 182 Å². The van der Waals surface area contributed by atoms with Gasteiger partial charge in [0.2, 0.25) is 0 Å². The molecular weight excluding hydrogens is 1270 g/mol. The molecule has 8 nitrogen and oxygen atoms in total. The van der Waals surface area contributed by atoms with Crippen molar-refractivity contribution in [3.63, 3.8) is 0 Å². The van der Waals surface area contributed by atoms with Crippen LogP contribution in [-0.4, -0.2) is 19.1 Å². The van der Waals surface area contributed by atoms with Crippen molar-refractivity contribution in [3.05, 3.63) is 230 Å². The average molecular weight is 1320 g/mol. The number of rotatable bonds is 9. The van der Waals surface area contributed by atoms with Crippen LogP contribution in [0.3, 0.4) is 0 Å². The molecule has 8 aromatic carbocycles.